The van der Waals surface area contributed by atoms with Gasteiger partial charge >= 0.3 is 5.69 Å². The lowest BCUT2D eigenvalue weighted by atomic mass is 10.1. The summed E-state index contributed by atoms with van der Waals surface area (Å²) in [6, 6.07) is -0.140. The van der Waals surface area contributed by atoms with E-state index in [0.29, 0.717) is 6.42 Å². The maximum Gasteiger partial charge on any atom is 0.328 e. The minimum absolute atomic E-state index is 0.0537. The summed E-state index contributed by atoms with van der Waals surface area (Å²) in [5.74, 6) is -1.01. The standard InChI is InChI=1S/C10H14FN3O4/c1-13-6(5-15)2-7(18-13)3-14-4-8(11)9(16)12-10(14)17/h4,6-7,15H,2-3,5H2,1H3,(H,12,16,17)/t6-,7-/m0/s1. The summed E-state index contributed by atoms with van der Waals surface area (Å²) in [5, 5.41) is 10.6. The third kappa shape index (κ3) is 2.50. The highest BCUT2D eigenvalue weighted by molar-refractivity contribution is 4.88. The molecule has 0 amide bonds. The van der Waals surface area contributed by atoms with Gasteiger partial charge in [-0.25, -0.2) is 4.79 Å². The Morgan fingerprint density at radius 3 is 2.94 bits per heavy atom. The molecule has 0 unspecified atom stereocenters. The summed E-state index contributed by atoms with van der Waals surface area (Å²) in [6.07, 6.45) is 1.05. The normalized spacial score (nSPS) is 24.6. The Morgan fingerprint density at radius 1 is 1.61 bits per heavy atom. The van der Waals surface area contributed by atoms with Gasteiger partial charge in [0.25, 0.3) is 5.56 Å². The molecule has 0 bridgehead atoms. The maximum absolute atomic E-state index is 13.1. The van der Waals surface area contributed by atoms with Crippen LogP contribution < -0.4 is 11.2 Å². The molecule has 0 aromatic carbocycles. The zero-order valence-electron chi connectivity index (χ0n) is 9.80. The van der Waals surface area contributed by atoms with Crippen LogP contribution in [0.2, 0.25) is 0 Å². The van der Waals surface area contributed by atoms with Crippen molar-refractivity contribution in [2.24, 2.45) is 0 Å². The van der Waals surface area contributed by atoms with E-state index in [1.807, 2.05) is 4.98 Å². The van der Waals surface area contributed by atoms with E-state index in [1.165, 1.54) is 5.06 Å². The first-order chi connectivity index (χ1) is 8.51. The van der Waals surface area contributed by atoms with Crippen LogP contribution in [0.1, 0.15) is 6.42 Å². The van der Waals surface area contributed by atoms with Crippen LogP contribution in [0.15, 0.2) is 15.8 Å². The van der Waals surface area contributed by atoms with Crippen LogP contribution in [-0.2, 0) is 11.4 Å². The summed E-state index contributed by atoms with van der Waals surface area (Å²) in [5.41, 5.74) is -1.71. The average molecular weight is 259 g/mol. The molecule has 1 fully saturated rings. The molecule has 1 aromatic rings. The number of aromatic amines is 1. The van der Waals surface area contributed by atoms with Crippen LogP contribution >= 0.6 is 0 Å². The van der Waals surface area contributed by atoms with E-state index in [1.54, 1.807) is 7.05 Å². The van der Waals surface area contributed by atoms with Crippen molar-refractivity contribution in [3.05, 3.63) is 32.9 Å². The topological polar surface area (TPSA) is 87.6 Å². The molecular weight excluding hydrogens is 245 g/mol. The van der Waals surface area contributed by atoms with Gasteiger partial charge in [0.1, 0.15) is 0 Å². The average Bonchev–Trinajstić information content (AvgIpc) is 2.66. The summed E-state index contributed by atoms with van der Waals surface area (Å²) >= 11 is 0. The van der Waals surface area contributed by atoms with Crippen molar-refractivity contribution in [2.75, 3.05) is 13.7 Å². The molecule has 8 heteroatoms. The lowest BCUT2D eigenvalue weighted by Gasteiger charge is -2.14. The Labute approximate surface area is 101 Å². The summed E-state index contributed by atoms with van der Waals surface area (Å²) < 4.78 is 14.1. The van der Waals surface area contributed by atoms with Crippen molar-refractivity contribution in [3.63, 3.8) is 0 Å². The Morgan fingerprint density at radius 2 is 2.33 bits per heavy atom. The van der Waals surface area contributed by atoms with Gasteiger partial charge in [0.2, 0.25) is 5.82 Å². The van der Waals surface area contributed by atoms with Crippen molar-refractivity contribution < 1.29 is 14.3 Å². The Balaban J connectivity index is 2.14. The molecule has 0 radical (unpaired) electrons. The number of nitrogens with one attached hydrogen (secondary N) is 1. The van der Waals surface area contributed by atoms with Crippen LogP contribution in [-0.4, -0.2) is 45.5 Å². The highest BCUT2D eigenvalue weighted by Crippen LogP contribution is 2.19. The van der Waals surface area contributed by atoms with Crippen LogP contribution in [0, 0.1) is 5.82 Å². The SMILES string of the molecule is CN1O[C@H](Cn2cc(F)c(=O)[nH]c2=O)C[C@H]1CO. The van der Waals surface area contributed by atoms with Gasteiger partial charge in [0, 0.05) is 7.05 Å². The molecule has 100 valence electrons. The third-order valence-electron chi connectivity index (χ3n) is 2.94. The molecular formula is C10H14FN3O4. The number of hydroxylamine groups is 2. The molecule has 0 spiro atoms. The number of hydrogen-bond acceptors (Lipinski definition) is 5. The number of halogens is 1. The summed E-state index contributed by atoms with van der Waals surface area (Å²) in [6.45, 7) is 0.0647. The summed E-state index contributed by atoms with van der Waals surface area (Å²) in [4.78, 5) is 29.6. The van der Waals surface area contributed by atoms with Gasteiger partial charge in [0.05, 0.1) is 31.5 Å². The highest BCUT2D eigenvalue weighted by atomic mass is 19.1. The highest BCUT2D eigenvalue weighted by Gasteiger charge is 2.30. The van der Waals surface area contributed by atoms with Gasteiger partial charge in [-0.1, -0.05) is 0 Å². The summed E-state index contributed by atoms with van der Waals surface area (Å²) in [7, 11) is 1.68. The fourth-order valence-corrected chi connectivity index (χ4v) is 1.95. The van der Waals surface area contributed by atoms with E-state index in [0.717, 1.165) is 10.8 Å². The second-order valence-corrected chi connectivity index (χ2v) is 4.23. The molecule has 2 rings (SSSR count). The van der Waals surface area contributed by atoms with Gasteiger partial charge in [-0.2, -0.15) is 9.45 Å². The molecule has 2 atom stereocenters. The Bertz CT molecular complexity index is 541. The quantitative estimate of drug-likeness (QED) is 0.702. The van der Waals surface area contributed by atoms with E-state index < -0.39 is 17.1 Å². The number of nitrogens with zero attached hydrogens (tertiary/aromatic N) is 2. The minimum atomic E-state index is -1.03. The smallest absolute Gasteiger partial charge is 0.328 e. The van der Waals surface area contributed by atoms with Gasteiger partial charge in [-0.05, 0) is 6.42 Å². The number of rotatable bonds is 3. The fraction of sp³-hybridized carbons (Fsp3) is 0.600. The maximum atomic E-state index is 13.1. The number of aromatic nitrogens is 2. The first kappa shape index (κ1) is 12.9. The third-order valence-corrected chi connectivity index (χ3v) is 2.94. The van der Waals surface area contributed by atoms with Crippen LogP contribution in [0.5, 0.6) is 0 Å². The molecule has 1 aliphatic heterocycles. The molecule has 1 aliphatic rings. The lowest BCUT2D eigenvalue weighted by Crippen LogP contribution is -2.34. The first-order valence-electron chi connectivity index (χ1n) is 5.51. The van der Waals surface area contributed by atoms with Crippen molar-refractivity contribution >= 4 is 0 Å². The molecule has 0 aliphatic carbocycles. The van der Waals surface area contributed by atoms with E-state index in [9.17, 15) is 14.0 Å². The first-order valence-corrected chi connectivity index (χ1v) is 5.51. The second kappa shape index (κ2) is 5.01. The number of likely N-dealkylation sites (N-methyl/N-ethyl adjacent to an activating group) is 1. The fourth-order valence-electron chi connectivity index (χ4n) is 1.95. The van der Waals surface area contributed by atoms with Crippen LogP contribution in [0.25, 0.3) is 0 Å². The van der Waals surface area contributed by atoms with Crippen LogP contribution in [0.4, 0.5) is 4.39 Å². The van der Waals surface area contributed by atoms with E-state index >= 15 is 0 Å². The minimum Gasteiger partial charge on any atom is -0.395 e. The van der Waals surface area contributed by atoms with Crippen molar-refractivity contribution in [2.45, 2.75) is 25.1 Å². The van der Waals surface area contributed by atoms with Crippen LogP contribution in [0.3, 0.4) is 0 Å². The number of aliphatic hydroxyl groups excluding tert-OH is 1. The van der Waals surface area contributed by atoms with Crippen molar-refractivity contribution in [3.8, 4) is 0 Å². The molecule has 1 saturated heterocycles. The molecule has 1 aromatic heterocycles. The number of hydrogen-bond donors (Lipinski definition) is 2. The molecule has 2 N–H and O–H groups in total. The van der Waals surface area contributed by atoms with E-state index in [-0.39, 0.29) is 25.3 Å². The van der Waals surface area contributed by atoms with Crippen molar-refractivity contribution in [1.82, 2.24) is 14.6 Å². The predicted molar refractivity (Wildman–Crippen MR) is 59.4 cm³/mol. The van der Waals surface area contributed by atoms with E-state index in [4.69, 9.17) is 9.94 Å². The predicted octanol–water partition coefficient (Wildman–Crippen LogP) is -1.33. The van der Waals surface area contributed by atoms with Gasteiger partial charge in [-0.15, -0.1) is 0 Å². The Hall–Kier alpha value is -1.51. The molecule has 0 saturated carbocycles. The Kier molecular flexibility index (Phi) is 3.60. The largest absolute Gasteiger partial charge is 0.395 e. The molecule has 7 nitrogen and oxygen atoms in total. The molecule has 2 heterocycles. The van der Waals surface area contributed by atoms with Gasteiger partial charge in [-0.3, -0.25) is 19.2 Å². The zero-order chi connectivity index (χ0) is 13.3. The monoisotopic (exact) mass is 259 g/mol. The lowest BCUT2D eigenvalue weighted by molar-refractivity contribution is -0.151. The van der Waals surface area contributed by atoms with Gasteiger partial charge in [0.15, 0.2) is 0 Å². The number of aliphatic hydroxyl groups is 1. The van der Waals surface area contributed by atoms with E-state index in [2.05, 4.69) is 0 Å². The van der Waals surface area contributed by atoms with Gasteiger partial charge < -0.3 is 5.11 Å². The molecule has 18 heavy (non-hydrogen) atoms. The van der Waals surface area contributed by atoms with Crippen molar-refractivity contribution in [1.29, 1.82) is 0 Å². The number of H-pyrrole nitrogens is 1. The second-order valence-electron chi connectivity index (χ2n) is 4.23. The zero-order valence-corrected chi connectivity index (χ0v) is 9.80.